The van der Waals surface area contributed by atoms with E-state index >= 15 is 0 Å². The van der Waals surface area contributed by atoms with Gasteiger partial charge in [-0.15, -0.1) is 10.2 Å². The van der Waals surface area contributed by atoms with Gasteiger partial charge >= 0.3 is 24.3 Å². The minimum absolute atomic E-state index is 0.0575. The fraction of sp³-hybridized carbons (Fsp3) is 0.667. The van der Waals surface area contributed by atoms with Crippen molar-refractivity contribution >= 4 is 23.9 Å². The van der Waals surface area contributed by atoms with Crippen LogP contribution in [0, 0.1) is 0 Å². The number of carboxylic acids is 2. The topological polar surface area (TPSA) is 414 Å². The molecule has 2 aromatic heterocycles. The molecule has 2 saturated heterocycles. The van der Waals surface area contributed by atoms with Crippen LogP contribution in [0.1, 0.15) is 11.4 Å². The second kappa shape index (κ2) is 19.5. The van der Waals surface area contributed by atoms with Crippen LogP contribution in [0.25, 0.3) is 0 Å². The van der Waals surface area contributed by atoms with E-state index in [4.69, 9.17) is 56.9 Å². The smallest absolute Gasteiger partial charge is 0.475 e. The van der Waals surface area contributed by atoms with Crippen molar-refractivity contribution < 1.29 is 91.0 Å². The van der Waals surface area contributed by atoms with Crippen molar-refractivity contribution in [2.45, 2.75) is 99.9 Å². The first kappa shape index (κ1) is 46.1. The second-order valence-electron chi connectivity index (χ2n) is 11.1. The number of carboxylic acid groups (broad SMARTS) is 2. The van der Waals surface area contributed by atoms with E-state index in [1.54, 1.807) is 0 Å². The summed E-state index contributed by atoms with van der Waals surface area (Å²) in [5.41, 5.74) is 22.0. The third-order valence-electron chi connectivity index (χ3n) is 6.84. The second-order valence-corrected chi connectivity index (χ2v) is 11.1. The van der Waals surface area contributed by atoms with E-state index in [-0.39, 0.29) is 38.1 Å². The number of nitrogens with two attached hydrogens (primary N) is 4. The summed E-state index contributed by atoms with van der Waals surface area (Å²) in [5.74, 6) is -5.79. The van der Waals surface area contributed by atoms with Crippen LogP contribution in [-0.2, 0) is 50.0 Å². The molecular weight excluding hydrogens is 778 g/mol. The molecular formula is C24H36F6N12O13. The number of alkyl halides is 6. The number of ether oxygens (including phenoxy) is 3. The van der Waals surface area contributed by atoms with E-state index in [9.17, 15) is 57.0 Å². The molecule has 0 bridgehead atoms. The van der Waals surface area contributed by atoms with Crippen LogP contribution in [0.15, 0.2) is 22.4 Å². The number of hydrogen-bond donors (Lipinski definition) is 12. The Hall–Kier alpha value is -5.02. The summed E-state index contributed by atoms with van der Waals surface area (Å²) in [7, 11) is 0. The van der Waals surface area contributed by atoms with Gasteiger partial charge in [0.25, 0.3) is 0 Å². The Labute approximate surface area is 302 Å². The number of hydrogen-bond acceptors (Lipinski definition) is 17. The maximum Gasteiger partial charge on any atom is 0.490 e. The van der Waals surface area contributed by atoms with Gasteiger partial charge < -0.3 is 78.0 Å². The fourth-order valence-corrected chi connectivity index (χ4v) is 4.21. The van der Waals surface area contributed by atoms with Gasteiger partial charge in [0, 0.05) is 0 Å². The lowest BCUT2D eigenvalue weighted by molar-refractivity contribution is -0.375. The Kier molecular flexibility index (Phi) is 16.4. The summed E-state index contributed by atoms with van der Waals surface area (Å²) in [6.07, 6.45) is -22.9. The van der Waals surface area contributed by atoms with Gasteiger partial charge in [-0.1, -0.05) is 10.4 Å². The number of nitrogens with zero attached hydrogens (tertiary/aromatic N) is 8. The van der Waals surface area contributed by atoms with Crippen LogP contribution in [0.4, 0.5) is 26.3 Å². The highest BCUT2D eigenvalue weighted by Gasteiger charge is 2.50. The molecule has 4 heterocycles. The van der Waals surface area contributed by atoms with Crippen molar-refractivity contribution in [3.8, 4) is 0 Å². The number of aliphatic carboxylic acids is 2. The molecule has 2 aliphatic rings. The first-order valence-electron chi connectivity index (χ1n) is 14.9. The van der Waals surface area contributed by atoms with Gasteiger partial charge in [0.15, 0.2) is 24.5 Å². The largest absolute Gasteiger partial charge is 0.490 e. The molecule has 0 radical (unpaired) electrons. The summed E-state index contributed by atoms with van der Waals surface area (Å²) in [4.78, 5) is 25.4. The number of aromatic nitrogens is 6. The molecule has 0 amide bonds. The summed E-state index contributed by atoms with van der Waals surface area (Å²) in [5, 5.41) is 92.7. The number of carbonyl (C=O) groups is 2. The van der Waals surface area contributed by atoms with Gasteiger partial charge in [0.2, 0.25) is 0 Å². The van der Waals surface area contributed by atoms with Gasteiger partial charge in [-0.25, -0.2) is 28.9 Å². The van der Waals surface area contributed by atoms with Crippen LogP contribution in [0.2, 0.25) is 0 Å². The Balaban J connectivity index is 0.000000633. The fourth-order valence-electron chi connectivity index (χ4n) is 4.21. The van der Waals surface area contributed by atoms with Crippen molar-refractivity contribution in [2.24, 2.45) is 32.9 Å². The molecule has 0 aliphatic carbocycles. The summed E-state index contributed by atoms with van der Waals surface area (Å²) in [6, 6.07) is 0. The molecule has 2 aliphatic heterocycles. The third kappa shape index (κ3) is 14.3. The molecule has 312 valence electrons. The van der Waals surface area contributed by atoms with Crippen LogP contribution in [0.3, 0.4) is 0 Å². The van der Waals surface area contributed by atoms with E-state index < -0.39 is 85.7 Å². The van der Waals surface area contributed by atoms with Gasteiger partial charge in [0.1, 0.15) is 60.2 Å². The van der Waals surface area contributed by atoms with E-state index in [2.05, 4.69) is 30.6 Å². The van der Waals surface area contributed by atoms with Crippen molar-refractivity contribution in [3.63, 3.8) is 0 Å². The van der Waals surface area contributed by atoms with Crippen molar-refractivity contribution in [2.75, 3.05) is 0 Å². The number of rotatable bonds is 10. The minimum atomic E-state index is -5.08. The number of aliphatic hydroxyl groups excluding tert-OH is 6. The standard InChI is InChI=1S/C20H34N12O9.2C2HF3O2/c21-19(22)25-1-7-3-31(29-27-7)5-9-11(33)13(35)15(37)17(39-9)41-18-16(38)14(36)12(34)10(40-18)6-32-4-8(28-30-32)2-26-20(23)24;2*3-2(4,5)1(6)7/h3-4,9-18,33-38H,1-2,5-6H2,(H4,21,22,25)(H4,23,24,26);2*(H,6,7)/t9-,10-,11-,12-,13+,14+,15-,16-,17-,18-;;/m1../s1. The molecule has 10 atom stereocenters. The number of aliphatic imine (C=N–C) groups is 2. The lowest BCUT2D eigenvalue weighted by Crippen LogP contribution is -2.63. The summed E-state index contributed by atoms with van der Waals surface area (Å²) < 4.78 is 83.0. The average molecular weight is 815 g/mol. The van der Waals surface area contributed by atoms with Crippen LogP contribution >= 0.6 is 0 Å². The van der Waals surface area contributed by atoms with Gasteiger partial charge in [-0.2, -0.15) is 26.3 Å². The van der Waals surface area contributed by atoms with Gasteiger partial charge in [-0.05, 0) is 0 Å². The van der Waals surface area contributed by atoms with E-state index in [0.29, 0.717) is 11.4 Å². The molecule has 16 N–H and O–H groups in total. The van der Waals surface area contributed by atoms with Gasteiger partial charge in [-0.3, -0.25) is 0 Å². The predicted octanol–water partition coefficient (Wildman–Crippen LogP) is -5.98. The zero-order valence-corrected chi connectivity index (χ0v) is 27.5. The van der Waals surface area contributed by atoms with Crippen molar-refractivity contribution in [1.29, 1.82) is 0 Å². The average Bonchev–Trinajstić information content (AvgIpc) is 3.73. The lowest BCUT2D eigenvalue weighted by atomic mass is 9.97. The molecule has 31 heteroatoms. The van der Waals surface area contributed by atoms with Crippen LogP contribution in [-0.4, -0.2) is 168 Å². The SMILES string of the molecule is NC(N)=NCc1cn(C[C@H]2O[C@H](O[C@H]3O[C@H](Cn4cc(CN=C(N)N)nn4)[C@@H](O)[C@H](O)[C@H]3O)[C@H](O)[C@@H](O)[C@@H]2O)nn1.O=C(O)C(F)(F)F.O=C(O)C(F)(F)F. The first-order valence-corrected chi connectivity index (χ1v) is 14.9. The Morgan fingerprint density at radius 1 is 0.655 bits per heavy atom. The normalized spacial score (nSPS) is 28.1. The predicted molar refractivity (Wildman–Crippen MR) is 161 cm³/mol. The van der Waals surface area contributed by atoms with E-state index in [0.717, 1.165) is 0 Å². The summed E-state index contributed by atoms with van der Waals surface area (Å²) in [6.45, 7) is -0.151. The maximum absolute atomic E-state index is 10.6. The third-order valence-corrected chi connectivity index (χ3v) is 6.84. The van der Waals surface area contributed by atoms with Crippen molar-refractivity contribution in [3.05, 3.63) is 23.8 Å². The molecule has 0 unspecified atom stereocenters. The van der Waals surface area contributed by atoms with Crippen LogP contribution < -0.4 is 22.9 Å². The molecule has 25 nitrogen and oxygen atoms in total. The molecule has 0 saturated carbocycles. The van der Waals surface area contributed by atoms with E-state index in [1.165, 1.54) is 21.8 Å². The Morgan fingerprint density at radius 2 is 0.964 bits per heavy atom. The highest BCUT2D eigenvalue weighted by atomic mass is 19.4. The molecule has 0 spiro atoms. The molecule has 2 fully saturated rings. The number of guanidine groups is 2. The Morgan fingerprint density at radius 3 is 1.24 bits per heavy atom. The quantitative estimate of drug-likeness (QED) is 0.0603. The number of aliphatic hydroxyl groups is 6. The highest BCUT2D eigenvalue weighted by molar-refractivity contribution is 5.76. The van der Waals surface area contributed by atoms with E-state index in [1.807, 2.05) is 0 Å². The lowest BCUT2D eigenvalue weighted by Gasteiger charge is -2.45. The summed E-state index contributed by atoms with van der Waals surface area (Å²) >= 11 is 0. The molecule has 55 heavy (non-hydrogen) atoms. The Bertz CT molecular complexity index is 1490. The van der Waals surface area contributed by atoms with Crippen molar-refractivity contribution in [1.82, 2.24) is 30.0 Å². The molecule has 0 aromatic carbocycles. The zero-order chi connectivity index (χ0) is 42.0. The number of halogens is 6. The molecule has 2 aromatic rings. The molecule has 4 rings (SSSR count). The zero-order valence-electron chi connectivity index (χ0n) is 27.5. The monoisotopic (exact) mass is 814 g/mol. The van der Waals surface area contributed by atoms with Gasteiger partial charge in [0.05, 0.1) is 38.6 Å². The minimum Gasteiger partial charge on any atom is -0.475 e. The first-order chi connectivity index (χ1) is 25.3. The van der Waals surface area contributed by atoms with Crippen LogP contribution in [0.5, 0.6) is 0 Å². The maximum atomic E-state index is 10.6. The highest BCUT2D eigenvalue weighted by Crippen LogP contribution is 2.29.